The SMILES string of the molecule is O=C(NCC1CC1)c1nn(-c2ccccc2F)c(=O)n(Cc2ccccc2)c1=O. The van der Waals surface area contributed by atoms with Gasteiger partial charge in [0.05, 0.1) is 6.54 Å². The molecule has 0 unspecified atom stereocenters. The summed E-state index contributed by atoms with van der Waals surface area (Å²) in [4.78, 5) is 38.4. The first-order valence-electron chi connectivity index (χ1n) is 9.36. The summed E-state index contributed by atoms with van der Waals surface area (Å²) in [5.41, 5.74) is -1.50. The first kappa shape index (κ1) is 18.8. The highest BCUT2D eigenvalue weighted by molar-refractivity contribution is 5.91. The largest absolute Gasteiger partial charge is 0.352 e. The minimum atomic E-state index is -0.817. The minimum Gasteiger partial charge on any atom is -0.350 e. The molecule has 148 valence electrons. The number of hydrogen-bond acceptors (Lipinski definition) is 4. The molecular weight excluding hydrogens is 375 g/mol. The molecule has 1 saturated carbocycles. The van der Waals surface area contributed by atoms with Crippen LogP contribution in [0.4, 0.5) is 4.39 Å². The number of aromatic nitrogens is 3. The lowest BCUT2D eigenvalue weighted by Crippen LogP contribution is -2.46. The number of para-hydroxylation sites is 1. The number of carbonyl (C=O) groups is 1. The molecule has 1 aliphatic rings. The molecule has 29 heavy (non-hydrogen) atoms. The van der Waals surface area contributed by atoms with Gasteiger partial charge < -0.3 is 5.32 Å². The lowest BCUT2D eigenvalue weighted by atomic mass is 10.2. The third kappa shape index (κ3) is 4.01. The maximum Gasteiger partial charge on any atom is 0.352 e. The number of nitrogens with zero attached hydrogens (tertiary/aromatic N) is 3. The van der Waals surface area contributed by atoms with E-state index < -0.39 is 28.7 Å². The van der Waals surface area contributed by atoms with Crippen LogP contribution in [0.3, 0.4) is 0 Å². The Bertz CT molecular complexity index is 1170. The molecule has 1 aliphatic carbocycles. The number of nitrogens with one attached hydrogen (secondary N) is 1. The molecule has 0 aliphatic heterocycles. The first-order valence-corrected chi connectivity index (χ1v) is 9.36. The number of benzene rings is 2. The third-order valence-electron chi connectivity index (χ3n) is 4.79. The summed E-state index contributed by atoms with van der Waals surface area (Å²) in [6, 6.07) is 14.5. The Balaban J connectivity index is 1.84. The molecule has 1 amide bonds. The van der Waals surface area contributed by atoms with Crippen molar-refractivity contribution in [2.75, 3.05) is 6.54 Å². The van der Waals surface area contributed by atoms with Gasteiger partial charge in [0.2, 0.25) is 5.69 Å². The summed E-state index contributed by atoms with van der Waals surface area (Å²) >= 11 is 0. The van der Waals surface area contributed by atoms with Crippen molar-refractivity contribution >= 4 is 5.91 Å². The Kier molecular flexibility index (Phi) is 5.07. The maximum absolute atomic E-state index is 14.3. The van der Waals surface area contributed by atoms with Crippen LogP contribution in [0.25, 0.3) is 5.69 Å². The summed E-state index contributed by atoms with van der Waals surface area (Å²) in [7, 11) is 0. The van der Waals surface area contributed by atoms with Crippen molar-refractivity contribution < 1.29 is 9.18 Å². The van der Waals surface area contributed by atoms with Gasteiger partial charge in [-0.05, 0) is 36.5 Å². The molecule has 2 aromatic carbocycles. The number of rotatable bonds is 6. The maximum atomic E-state index is 14.3. The monoisotopic (exact) mass is 394 g/mol. The zero-order valence-electron chi connectivity index (χ0n) is 15.5. The predicted octanol–water partition coefficient (Wildman–Crippen LogP) is 1.72. The van der Waals surface area contributed by atoms with Crippen LogP contribution in [0.1, 0.15) is 28.9 Å². The summed E-state index contributed by atoms with van der Waals surface area (Å²) in [5, 5.41) is 6.60. The lowest BCUT2D eigenvalue weighted by molar-refractivity contribution is 0.0942. The van der Waals surface area contributed by atoms with Crippen molar-refractivity contribution in [3.63, 3.8) is 0 Å². The van der Waals surface area contributed by atoms with Crippen LogP contribution in [-0.2, 0) is 6.54 Å². The molecule has 7 nitrogen and oxygen atoms in total. The molecule has 4 rings (SSSR count). The van der Waals surface area contributed by atoms with Gasteiger partial charge in [0.25, 0.3) is 11.5 Å². The Morgan fingerprint density at radius 2 is 1.76 bits per heavy atom. The van der Waals surface area contributed by atoms with Gasteiger partial charge in [-0.25, -0.2) is 9.18 Å². The van der Waals surface area contributed by atoms with Crippen LogP contribution in [0, 0.1) is 11.7 Å². The van der Waals surface area contributed by atoms with Crippen molar-refractivity contribution in [2.45, 2.75) is 19.4 Å². The van der Waals surface area contributed by atoms with Crippen LogP contribution >= 0.6 is 0 Å². The first-order chi connectivity index (χ1) is 14.0. The van der Waals surface area contributed by atoms with E-state index in [0.29, 0.717) is 18.0 Å². The zero-order chi connectivity index (χ0) is 20.4. The van der Waals surface area contributed by atoms with E-state index in [1.165, 1.54) is 18.2 Å². The van der Waals surface area contributed by atoms with E-state index in [-0.39, 0.29) is 12.2 Å². The average molecular weight is 394 g/mol. The summed E-state index contributed by atoms with van der Waals surface area (Å²) in [6.45, 7) is 0.385. The van der Waals surface area contributed by atoms with E-state index in [4.69, 9.17) is 0 Å². The second-order valence-electron chi connectivity index (χ2n) is 7.02. The van der Waals surface area contributed by atoms with Crippen LogP contribution < -0.4 is 16.6 Å². The molecular formula is C21H19FN4O3. The molecule has 1 fully saturated rings. The van der Waals surface area contributed by atoms with Crippen LogP contribution in [0.5, 0.6) is 0 Å². The fraction of sp³-hybridized carbons (Fsp3) is 0.238. The predicted molar refractivity (Wildman–Crippen MR) is 105 cm³/mol. The number of carbonyl (C=O) groups excluding carboxylic acids is 1. The third-order valence-corrected chi connectivity index (χ3v) is 4.79. The molecule has 1 aromatic heterocycles. The molecule has 1 heterocycles. The lowest BCUT2D eigenvalue weighted by Gasteiger charge is -2.12. The van der Waals surface area contributed by atoms with E-state index in [1.807, 2.05) is 6.07 Å². The topological polar surface area (TPSA) is 86.0 Å². The fourth-order valence-corrected chi connectivity index (χ4v) is 2.99. The highest BCUT2D eigenvalue weighted by atomic mass is 19.1. The van der Waals surface area contributed by atoms with Gasteiger partial charge in [-0.1, -0.05) is 42.5 Å². The Hall–Kier alpha value is -3.55. The number of hydrogen-bond donors (Lipinski definition) is 1. The highest BCUT2D eigenvalue weighted by Gasteiger charge is 2.25. The molecule has 0 spiro atoms. The molecule has 0 bridgehead atoms. The van der Waals surface area contributed by atoms with Crippen LogP contribution in [0.2, 0.25) is 0 Å². The zero-order valence-corrected chi connectivity index (χ0v) is 15.5. The van der Waals surface area contributed by atoms with E-state index >= 15 is 0 Å². The second kappa shape index (κ2) is 7.83. The van der Waals surface area contributed by atoms with Gasteiger partial charge in [-0.3, -0.25) is 14.2 Å². The van der Waals surface area contributed by atoms with E-state index in [2.05, 4.69) is 10.4 Å². The Morgan fingerprint density at radius 1 is 1.07 bits per heavy atom. The van der Waals surface area contributed by atoms with E-state index in [0.717, 1.165) is 22.1 Å². The second-order valence-corrected chi connectivity index (χ2v) is 7.02. The smallest absolute Gasteiger partial charge is 0.350 e. The molecule has 8 heteroatoms. The highest BCUT2D eigenvalue weighted by Crippen LogP contribution is 2.27. The Morgan fingerprint density at radius 3 is 2.45 bits per heavy atom. The van der Waals surface area contributed by atoms with Crippen molar-refractivity contribution in [1.82, 2.24) is 19.7 Å². The van der Waals surface area contributed by atoms with Gasteiger partial charge in [-0.15, -0.1) is 0 Å². The van der Waals surface area contributed by atoms with Crippen LogP contribution in [0.15, 0.2) is 64.2 Å². The van der Waals surface area contributed by atoms with Gasteiger partial charge in [-0.2, -0.15) is 9.78 Å². The molecule has 0 atom stereocenters. The number of amides is 1. The fourth-order valence-electron chi connectivity index (χ4n) is 2.99. The minimum absolute atomic E-state index is 0.0572. The average Bonchev–Trinajstić information content (AvgIpc) is 3.56. The normalized spacial score (nSPS) is 13.3. The van der Waals surface area contributed by atoms with E-state index in [1.54, 1.807) is 30.3 Å². The van der Waals surface area contributed by atoms with Crippen molar-refractivity contribution in [3.8, 4) is 5.69 Å². The standard InChI is InChI=1S/C21H19FN4O3/c22-16-8-4-5-9-17(16)26-21(29)25(13-15-6-2-1-3-7-15)20(28)18(24-26)19(27)23-12-14-10-11-14/h1-9,14H,10-13H2,(H,23,27). The van der Waals surface area contributed by atoms with Crippen LogP contribution in [-0.4, -0.2) is 26.8 Å². The van der Waals surface area contributed by atoms with Gasteiger partial charge in [0.1, 0.15) is 11.5 Å². The molecule has 3 aromatic rings. The summed E-state index contributed by atoms with van der Waals surface area (Å²) in [6.07, 6.45) is 2.06. The van der Waals surface area contributed by atoms with Gasteiger partial charge in [0.15, 0.2) is 0 Å². The van der Waals surface area contributed by atoms with Gasteiger partial charge in [0, 0.05) is 6.54 Å². The summed E-state index contributed by atoms with van der Waals surface area (Å²) in [5.74, 6) is -0.951. The molecule has 1 N–H and O–H groups in total. The summed E-state index contributed by atoms with van der Waals surface area (Å²) < 4.78 is 16.0. The number of halogens is 1. The van der Waals surface area contributed by atoms with Crippen molar-refractivity contribution in [1.29, 1.82) is 0 Å². The molecule has 0 radical (unpaired) electrons. The quantitative estimate of drug-likeness (QED) is 0.690. The van der Waals surface area contributed by atoms with Gasteiger partial charge >= 0.3 is 5.69 Å². The van der Waals surface area contributed by atoms with Crippen molar-refractivity contribution in [2.24, 2.45) is 5.92 Å². The molecule has 0 saturated heterocycles. The van der Waals surface area contributed by atoms with E-state index in [9.17, 15) is 18.8 Å². The Labute approximate surface area is 165 Å². The van der Waals surface area contributed by atoms with Crippen molar-refractivity contribution in [3.05, 3.63) is 92.5 Å².